The quantitative estimate of drug-likeness (QED) is 0.387. The van der Waals surface area contributed by atoms with E-state index in [1.165, 1.54) is 28.0 Å². The van der Waals surface area contributed by atoms with Crippen molar-refractivity contribution in [1.29, 1.82) is 0 Å². The van der Waals surface area contributed by atoms with Crippen LogP contribution in [0.4, 0.5) is 11.4 Å². The Labute approximate surface area is 157 Å². The molecule has 0 saturated heterocycles. The lowest BCUT2D eigenvalue weighted by Crippen LogP contribution is -1.95. The minimum Gasteiger partial charge on any atom is -0.493 e. The lowest BCUT2D eigenvalue weighted by atomic mass is 10.1. The molecule has 1 aliphatic rings. The molecule has 0 aliphatic carbocycles. The maximum absolute atomic E-state index is 11.0. The Balaban J connectivity index is 1.81. The summed E-state index contributed by atoms with van der Waals surface area (Å²) in [6, 6.07) is 13.7. The molecule has 0 saturated carbocycles. The van der Waals surface area contributed by atoms with Crippen molar-refractivity contribution in [2.24, 2.45) is 4.99 Å². The molecule has 1 aliphatic heterocycles. The Hall–Kier alpha value is -3.10. The van der Waals surface area contributed by atoms with E-state index in [-0.39, 0.29) is 11.6 Å². The SMILES string of the molecule is O=[N+]([O-])c1cccc(-n2c(O)c(/C=C3\C=Nc4ccccc43)sc2=S)c1. The van der Waals surface area contributed by atoms with Gasteiger partial charge in [0.25, 0.3) is 5.69 Å². The van der Waals surface area contributed by atoms with Crippen molar-refractivity contribution in [3.05, 3.63) is 73.0 Å². The molecule has 0 bridgehead atoms. The fourth-order valence-electron chi connectivity index (χ4n) is 2.74. The fraction of sp³-hybridized carbons (Fsp3) is 0. The number of nitro groups is 1. The molecule has 0 unspecified atom stereocenters. The molecule has 3 aromatic rings. The second kappa shape index (κ2) is 6.32. The highest BCUT2D eigenvalue weighted by atomic mass is 32.1. The van der Waals surface area contributed by atoms with Crippen molar-refractivity contribution in [1.82, 2.24) is 4.57 Å². The number of hydrogen-bond donors (Lipinski definition) is 1. The average Bonchev–Trinajstić information content (AvgIpc) is 3.16. The van der Waals surface area contributed by atoms with E-state index in [0.717, 1.165) is 16.8 Å². The minimum absolute atomic E-state index is 0.0502. The Bertz CT molecular complexity index is 1160. The van der Waals surface area contributed by atoms with Gasteiger partial charge in [-0.05, 0) is 30.4 Å². The first-order valence-corrected chi connectivity index (χ1v) is 8.82. The smallest absolute Gasteiger partial charge is 0.271 e. The maximum atomic E-state index is 11.0. The zero-order chi connectivity index (χ0) is 18.3. The van der Waals surface area contributed by atoms with Crippen molar-refractivity contribution in [2.45, 2.75) is 0 Å². The van der Waals surface area contributed by atoms with Crippen LogP contribution < -0.4 is 0 Å². The van der Waals surface area contributed by atoms with Gasteiger partial charge >= 0.3 is 0 Å². The molecule has 4 rings (SSSR count). The summed E-state index contributed by atoms with van der Waals surface area (Å²) >= 11 is 6.59. The third-order valence-corrected chi connectivity index (χ3v) is 5.27. The van der Waals surface area contributed by atoms with Crippen LogP contribution in [0.3, 0.4) is 0 Å². The summed E-state index contributed by atoms with van der Waals surface area (Å²) in [6.07, 6.45) is 3.56. The van der Waals surface area contributed by atoms with Crippen LogP contribution in [-0.2, 0) is 0 Å². The van der Waals surface area contributed by atoms with Crippen LogP contribution >= 0.6 is 23.6 Å². The van der Waals surface area contributed by atoms with Crippen molar-refractivity contribution in [3.8, 4) is 11.6 Å². The third-order valence-electron chi connectivity index (χ3n) is 3.96. The number of allylic oxidation sites excluding steroid dienone is 1. The summed E-state index contributed by atoms with van der Waals surface area (Å²) in [6.45, 7) is 0. The lowest BCUT2D eigenvalue weighted by molar-refractivity contribution is -0.384. The van der Waals surface area contributed by atoms with E-state index in [0.29, 0.717) is 14.5 Å². The molecule has 0 atom stereocenters. The van der Waals surface area contributed by atoms with Crippen LogP contribution in [-0.4, -0.2) is 20.8 Å². The minimum atomic E-state index is -0.481. The molecule has 0 fully saturated rings. The molecular weight excluding hydrogens is 370 g/mol. The Morgan fingerprint density at radius 1 is 1.23 bits per heavy atom. The average molecular weight is 381 g/mol. The van der Waals surface area contributed by atoms with E-state index >= 15 is 0 Å². The second-order valence-electron chi connectivity index (χ2n) is 5.54. The van der Waals surface area contributed by atoms with Crippen LogP contribution in [0.5, 0.6) is 5.88 Å². The van der Waals surface area contributed by atoms with Crippen LogP contribution in [0.1, 0.15) is 10.4 Å². The topological polar surface area (TPSA) is 80.7 Å². The van der Waals surface area contributed by atoms with Crippen molar-refractivity contribution < 1.29 is 10.0 Å². The summed E-state index contributed by atoms with van der Waals surface area (Å²) in [5.74, 6) is -0.0502. The molecule has 0 amide bonds. The molecule has 26 heavy (non-hydrogen) atoms. The number of non-ortho nitro benzene ring substituents is 1. The number of aromatic hydroxyl groups is 1. The summed E-state index contributed by atoms with van der Waals surface area (Å²) in [5.41, 5.74) is 3.11. The standard InChI is InChI=1S/C18H11N3O3S2/c22-17-16(8-11-10-19-15-7-2-1-6-14(11)15)26-18(25)20(17)12-4-3-5-13(9-12)21(23)24/h1-10,22H/b11-8+. The number of nitrogens with zero attached hydrogens (tertiary/aromatic N) is 3. The van der Waals surface area contributed by atoms with Crippen molar-refractivity contribution in [2.75, 3.05) is 0 Å². The van der Waals surface area contributed by atoms with Gasteiger partial charge in [0.2, 0.25) is 5.88 Å². The van der Waals surface area contributed by atoms with Gasteiger partial charge in [0, 0.05) is 29.5 Å². The van der Waals surface area contributed by atoms with Crippen molar-refractivity contribution in [3.63, 3.8) is 0 Å². The van der Waals surface area contributed by atoms with Gasteiger partial charge in [-0.15, -0.1) is 11.3 Å². The number of rotatable bonds is 3. The molecule has 2 aromatic carbocycles. The van der Waals surface area contributed by atoms with E-state index in [9.17, 15) is 15.2 Å². The predicted octanol–water partition coefficient (Wildman–Crippen LogP) is 5.14. The summed E-state index contributed by atoms with van der Waals surface area (Å²) in [4.78, 5) is 15.4. The van der Waals surface area contributed by atoms with Crippen LogP contribution in [0.25, 0.3) is 17.3 Å². The number of hydrogen-bond acceptors (Lipinski definition) is 6. The van der Waals surface area contributed by atoms with Gasteiger partial charge in [-0.2, -0.15) is 0 Å². The zero-order valence-electron chi connectivity index (χ0n) is 13.2. The van der Waals surface area contributed by atoms with Crippen LogP contribution in [0.2, 0.25) is 0 Å². The molecule has 0 spiro atoms. The molecule has 1 N–H and O–H groups in total. The predicted molar refractivity (Wildman–Crippen MR) is 105 cm³/mol. The largest absolute Gasteiger partial charge is 0.493 e. The Morgan fingerprint density at radius 3 is 2.85 bits per heavy atom. The van der Waals surface area contributed by atoms with E-state index in [1.54, 1.807) is 18.3 Å². The Kier molecular flexibility index (Phi) is 3.98. The number of thiazole rings is 1. The second-order valence-corrected chi connectivity index (χ2v) is 7.22. The number of aromatic nitrogens is 1. The summed E-state index contributed by atoms with van der Waals surface area (Å²) < 4.78 is 1.83. The summed E-state index contributed by atoms with van der Waals surface area (Å²) in [5, 5.41) is 21.6. The van der Waals surface area contributed by atoms with E-state index in [2.05, 4.69) is 4.99 Å². The van der Waals surface area contributed by atoms with Crippen LogP contribution in [0.15, 0.2) is 53.5 Å². The highest BCUT2D eigenvalue weighted by Crippen LogP contribution is 2.37. The molecule has 2 heterocycles. The van der Waals surface area contributed by atoms with Gasteiger partial charge in [-0.1, -0.05) is 24.3 Å². The Morgan fingerprint density at radius 2 is 2.04 bits per heavy atom. The molecule has 0 radical (unpaired) electrons. The zero-order valence-corrected chi connectivity index (χ0v) is 14.8. The van der Waals surface area contributed by atoms with Gasteiger partial charge in [0.05, 0.1) is 21.2 Å². The highest BCUT2D eigenvalue weighted by molar-refractivity contribution is 7.73. The molecular formula is C18H11N3O3S2. The van der Waals surface area contributed by atoms with E-state index in [4.69, 9.17) is 12.2 Å². The maximum Gasteiger partial charge on any atom is 0.271 e. The van der Waals surface area contributed by atoms with Gasteiger partial charge in [0.15, 0.2) is 3.95 Å². The van der Waals surface area contributed by atoms with E-state index in [1.807, 2.05) is 30.3 Å². The van der Waals surface area contributed by atoms with Gasteiger partial charge < -0.3 is 5.11 Å². The monoisotopic (exact) mass is 381 g/mol. The number of nitro benzene ring substituents is 1. The van der Waals surface area contributed by atoms with Crippen molar-refractivity contribution >= 4 is 52.8 Å². The number of benzene rings is 2. The first kappa shape index (κ1) is 16.4. The first-order valence-electron chi connectivity index (χ1n) is 7.59. The highest BCUT2D eigenvalue weighted by Gasteiger charge is 2.17. The lowest BCUT2D eigenvalue weighted by Gasteiger charge is -2.04. The molecule has 8 heteroatoms. The molecule has 128 valence electrons. The summed E-state index contributed by atoms with van der Waals surface area (Å²) in [7, 11) is 0. The molecule has 6 nitrogen and oxygen atoms in total. The van der Waals surface area contributed by atoms with Gasteiger partial charge in [0.1, 0.15) is 0 Å². The number of para-hydroxylation sites is 1. The normalized spacial score (nSPS) is 13.9. The third kappa shape index (κ3) is 2.75. The van der Waals surface area contributed by atoms with Crippen LogP contribution in [0, 0.1) is 14.1 Å². The fourth-order valence-corrected chi connectivity index (χ4v) is 4.05. The van der Waals surface area contributed by atoms with Gasteiger partial charge in [-0.3, -0.25) is 19.7 Å². The number of fused-ring (bicyclic) bond motifs is 1. The van der Waals surface area contributed by atoms with E-state index < -0.39 is 4.92 Å². The first-order chi connectivity index (χ1) is 12.5. The molecule has 1 aromatic heterocycles. The van der Waals surface area contributed by atoms with Gasteiger partial charge in [-0.25, -0.2) is 0 Å². The number of aliphatic imine (C=N–C) groups is 1.